The maximum absolute atomic E-state index is 13.3. The van der Waals surface area contributed by atoms with Gasteiger partial charge in [0.25, 0.3) is 0 Å². The van der Waals surface area contributed by atoms with Crippen LogP contribution in [0, 0.1) is 12.7 Å². The Morgan fingerprint density at radius 3 is 2.82 bits per heavy atom. The first-order valence-electron chi connectivity index (χ1n) is 5.23. The summed E-state index contributed by atoms with van der Waals surface area (Å²) in [5.74, 6) is -0.295. The van der Waals surface area contributed by atoms with Crippen LogP contribution in [0.25, 0.3) is 0 Å². The second-order valence-corrected chi connectivity index (χ2v) is 5.48. The molecular formula is C13H12BrFOS. The highest BCUT2D eigenvalue weighted by molar-refractivity contribution is 9.10. The molecule has 1 N–H and O–H groups in total. The molecule has 0 spiro atoms. The Morgan fingerprint density at radius 1 is 1.41 bits per heavy atom. The van der Waals surface area contributed by atoms with Gasteiger partial charge in [-0.1, -0.05) is 12.1 Å². The fourth-order valence-corrected chi connectivity index (χ4v) is 3.06. The maximum Gasteiger partial charge on any atom is 0.137 e. The Bertz CT molecular complexity index is 524. The van der Waals surface area contributed by atoms with Crippen LogP contribution in [0.5, 0.6) is 0 Å². The molecule has 1 heterocycles. The van der Waals surface area contributed by atoms with Gasteiger partial charge in [-0.15, -0.1) is 0 Å². The minimum absolute atomic E-state index is 0.295. The molecule has 4 heteroatoms. The van der Waals surface area contributed by atoms with E-state index in [0.717, 1.165) is 16.7 Å². The van der Waals surface area contributed by atoms with E-state index in [0.29, 0.717) is 10.9 Å². The summed E-state index contributed by atoms with van der Waals surface area (Å²) in [6.07, 6.45) is -0.171. The predicted octanol–water partition coefficient (Wildman–Crippen LogP) is 4.23. The van der Waals surface area contributed by atoms with Crippen molar-refractivity contribution >= 4 is 27.3 Å². The minimum atomic E-state index is -0.584. The van der Waals surface area contributed by atoms with Crippen LogP contribution in [0.15, 0.2) is 33.4 Å². The van der Waals surface area contributed by atoms with E-state index in [-0.39, 0.29) is 5.82 Å². The SMILES string of the molecule is Cc1cscc1C(O)Cc1cccc(F)c1Br. The van der Waals surface area contributed by atoms with Crippen molar-refractivity contribution < 1.29 is 9.50 Å². The van der Waals surface area contributed by atoms with Crippen molar-refractivity contribution in [3.05, 3.63) is 55.9 Å². The number of rotatable bonds is 3. The van der Waals surface area contributed by atoms with Crippen molar-refractivity contribution in [2.75, 3.05) is 0 Å². The summed E-state index contributed by atoms with van der Waals surface area (Å²) in [6, 6.07) is 4.87. The first-order chi connectivity index (χ1) is 8.09. The van der Waals surface area contributed by atoms with Crippen molar-refractivity contribution in [1.82, 2.24) is 0 Å². The molecule has 0 bridgehead atoms. The Morgan fingerprint density at radius 2 is 2.18 bits per heavy atom. The third-order valence-electron chi connectivity index (χ3n) is 2.70. The molecule has 1 nitrogen and oxygen atoms in total. The highest BCUT2D eigenvalue weighted by Gasteiger charge is 2.14. The highest BCUT2D eigenvalue weighted by Crippen LogP contribution is 2.28. The van der Waals surface area contributed by atoms with E-state index in [1.54, 1.807) is 17.4 Å². The van der Waals surface area contributed by atoms with Gasteiger partial charge < -0.3 is 5.11 Å². The van der Waals surface area contributed by atoms with Gasteiger partial charge in [0.05, 0.1) is 10.6 Å². The lowest BCUT2D eigenvalue weighted by Crippen LogP contribution is -2.03. The van der Waals surface area contributed by atoms with Crippen LogP contribution in [0.2, 0.25) is 0 Å². The van der Waals surface area contributed by atoms with Crippen molar-refractivity contribution in [3.63, 3.8) is 0 Å². The van der Waals surface area contributed by atoms with E-state index in [4.69, 9.17) is 0 Å². The normalized spacial score (nSPS) is 12.7. The molecule has 90 valence electrons. The van der Waals surface area contributed by atoms with Crippen molar-refractivity contribution in [2.24, 2.45) is 0 Å². The van der Waals surface area contributed by atoms with E-state index in [9.17, 15) is 9.50 Å². The largest absolute Gasteiger partial charge is 0.388 e. The van der Waals surface area contributed by atoms with Gasteiger partial charge >= 0.3 is 0 Å². The molecule has 1 aromatic heterocycles. The van der Waals surface area contributed by atoms with E-state index < -0.39 is 6.10 Å². The van der Waals surface area contributed by atoms with Crippen molar-refractivity contribution in [2.45, 2.75) is 19.4 Å². The van der Waals surface area contributed by atoms with Crippen molar-refractivity contribution in [3.8, 4) is 0 Å². The number of aliphatic hydroxyl groups is 1. The Hall–Kier alpha value is -0.710. The van der Waals surface area contributed by atoms with Gasteiger partial charge in [-0.25, -0.2) is 4.39 Å². The van der Waals surface area contributed by atoms with E-state index in [1.165, 1.54) is 6.07 Å². The van der Waals surface area contributed by atoms with Gasteiger partial charge in [-0.3, -0.25) is 0 Å². The lowest BCUT2D eigenvalue weighted by molar-refractivity contribution is 0.178. The zero-order valence-electron chi connectivity index (χ0n) is 9.28. The molecule has 0 saturated carbocycles. The molecule has 2 aromatic rings. The number of thiophene rings is 1. The van der Waals surface area contributed by atoms with E-state index in [1.807, 2.05) is 23.8 Å². The molecule has 1 atom stereocenters. The van der Waals surface area contributed by atoms with Gasteiger partial charge in [-0.05, 0) is 56.4 Å². The first kappa shape index (κ1) is 12.7. The lowest BCUT2D eigenvalue weighted by atomic mass is 10.0. The standard InChI is InChI=1S/C13H12BrFOS/c1-8-6-17-7-10(8)12(16)5-9-3-2-4-11(15)13(9)14/h2-4,6-7,12,16H,5H2,1H3. The van der Waals surface area contributed by atoms with Crippen LogP contribution in [0.3, 0.4) is 0 Å². The molecule has 17 heavy (non-hydrogen) atoms. The molecule has 2 rings (SSSR count). The fraction of sp³-hybridized carbons (Fsp3) is 0.231. The summed E-state index contributed by atoms with van der Waals surface area (Å²) in [5.41, 5.74) is 2.78. The molecule has 0 aliphatic rings. The third kappa shape index (κ3) is 2.76. The molecule has 0 saturated heterocycles. The zero-order chi connectivity index (χ0) is 12.4. The summed E-state index contributed by atoms with van der Waals surface area (Å²) in [7, 11) is 0. The molecule has 1 unspecified atom stereocenters. The summed E-state index contributed by atoms with van der Waals surface area (Å²) in [5, 5.41) is 14.1. The summed E-state index contributed by atoms with van der Waals surface area (Å²) < 4.78 is 13.8. The van der Waals surface area contributed by atoms with Gasteiger partial charge in [-0.2, -0.15) is 11.3 Å². The molecule has 0 radical (unpaired) electrons. The Balaban J connectivity index is 2.22. The zero-order valence-corrected chi connectivity index (χ0v) is 11.7. The average Bonchev–Trinajstić information content (AvgIpc) is 2.71. The van der Waals surface area contributed by atoms with Crippen LogP contribution in [-0.2, 0) is 6.42 Å². The van der Waals surface area contributed by atoms with Crippen LogP contribution in [-0.4, -0.2) is 5.11 Å². The Kier molecular flexibility index (Phi) is 3.97. The number of hydrogen-bond acceptors (Lipinski definition) is 2. The number of aliphatic hydroxyl groups excluding tert-OH is 1. The fourth-order valence-electron chi connectivity index (χ4n) is 1.74. The van der Waals surface area contributed by atoms with Crippen molar-refractivity contribution in [1.29, 1.82) is 0 Å². The highest BCUT2D eigenvalue weighted by atomic mass is 79.9. The third-order valence-corrected chi connectivity index (χ3v) is 4.47. The maximum atomic E-state index is 13.3. The monoisotopic (exact) mass is 314 g/mol. The van der Waals surface area contributed by atoms with Crippen LogP contribution < -0.4 is 0 Å². The van der Waals surface area contributed by atoms with Gasteiger partial charge in [0.15, 0.2) is 0 Å². The van der Waals surface area contributed by atoms with Gasteiger partial charge in [0.2, 0.25) is 0 Å². The number of aryl methyl sites for hydroxylation is 1. The first-order valence-corrected chi connectivity index (χ1v) is 6.97. The molecule has 0 fully saturated rings. The topological polar surface area (TPSA) is 20.2 Å². The number of benzene rings is 1. The minimum Gasteiger partial charge on any atom is -0.388 e. The summed E-state index contributed by atoms with van der Waals surface area (Å²) in [6.45, 7) is 1.97. The second kappa shape index (κ2) is 5.29. The molecular weight excluding hydrogens is 303 g/mol. The molecule has 1 aromatic carbocycles. The molecule has 0 aliphatic carbocycles. The quantitative estimate of drug-likeness (QED) is 0.898. The van der Waals surface area contributed by atoms with Crippen LogP contribution in [0.1, 0.15) is 22.8 Å². The smallest absolute Gasteiger partial charge is 0.137 e. The van der Waals surface area contributed by atoms with Crippen LogP contribution >= 0.6 is 27.3 Å². The summed E-state index contributed by atoms with van der Waals surface area (Å²) in [4.78, 5) is 0. The van der Waals surface area contributed by atoms with E-state index in [2.05, 4.69) is 15.9 Å². The Labute approximate surface area is 112 Å². The molecule has 0 aliphatic heterocycles. The van der Waals surface area contributed by atoms with Crippen LogP contribution in [0.4, 0.5) is 4.39 Å². The lowest BCUT2D eigenvalue weighted by Gasteiger charge is -2.12. The number of halogens is 2. The van der Waals surface area contributed by atoms with Gasteiger partial charge in [0, 0.05) is 6.42 Å². The number of hydrogen-bond donors (Lipinski definition) is 1. The van der Waals surface area contributed by atoms with E-state index >= 15 is 0 Å². The second-order valence-electron chi connectivity index (χ2n) is 3.94. The average molecular weight is 315 g/mol. The van der Waals surface area contributed by atoms with Gasteiger partial charge in [0.1, 0.15) is 5.82 Å². The predicted molar refractivity (Wildman–Crippen MR) is 71.8 cm³/mol. The molecule has 0 amide bonds. The summed E-state index contributed by atoms with van der Waals surface area (Å²) >= 11 is 4.77.